The van der Waals surface area contributed by atoms with Crippen molar-refractivity contribution in [1.82, 2.24) is 20.4 Å². The van der Waals surface area contributed by atoms with Crippen molar-refractivity contribution >= 4 is 5.96 Å². The predicted molar refractivity (Wildman–Crippen MR) is 102 cm³/mol. The fraction of sp³-hybridized carbons (Fsp3) is 0.368. The number of aromatic nitrogens is 2. The van der Waals surface area contributed by atoms with E-state index in [2.05, 4.69) is 27.3 Å². The summed E-state index contributed by atoms with van der Waals surface area (Å²) in [5.41, 5.74) is 2.34. The van der Waals surface area contributed by atoms with E-state index in [4.69, 9.17) is 4.74 Å². The van der Waals surface area contributed by atoms with E-state index in [0.717, 1.165) is 36.7 Å². The third-order valence-corrected chi connectivity index (χ3v) is 3.69. The Balaban J connectivity index is 1.75. The quantitative estimate of drug-likeness (QED) is 0.318. The van der Waals surface area contributed by atoms with Crippen LogP contribution in [0.25, 0.3) is 0 Å². The van der Waals surface area contributed by atoms with Crippen molar-refractivity contribution in [3.8, 4) is 5.75 Å². The number of ether oxygens (including phenoxy) is 1. The van der Waals surface area contributed by atoms with Crippen LogP contribution in [0.5, 0.6) is 5.75 Å². The van der Waals surface area contributed by atoms with Crippen LogP contribution < -0.4 is 15.4 Å². The summed E-state index contributed by atoms with van der Waals surface area (Å²) in [4.78, 5) is 4.26. The van der Waals surface area contributed by atoms with Gasteiger partial charge in [-0.3, -0.25) is 9.67 Å². The molecule has 0 amide bonds. The average Bonchev–Trinajstić information content (AvgIpc) is 3.05. The molecule has 0 radical (unpaired) electrons. The van der Waals surface area contributed by atoms with Crippen molar-refractivity contribution < 1.29 is 4.74 Å². The summed E-state index contributed by atoms with van der Waals surface area (Å²) in [6.45, 7) is 5.68. The van der Waals surface area contributed by atoms with Gasteiger partial charge in [0, 0.05) is 38.9 Å². The molecule has 0 spiro atoms. The molecule has 6 heteroatoms. The van der Waals surface area contributed by atoms with Crippen molar-refractivity contribution in [2.45, 2.75) is 19.4 Å². The number of rotatable bonds is 9. The Morgan fingerprint density at radius 2 is 2.20 bits per heavy atom. The van der Waals surface area contributed by atoms with E-state index >= 15 is 0 Å². The maximum Gasteiger partial charge on any atom is 0.191 e. The van der Waals surface area contributed by atoms with Crippen molar-refractivity contribution in [2.75, 3.05) is 20.2 Å². The molecule has 0 aliphatic carbocycles. The number of aliphatic imine (C=N–C) groups is 1. The molecule has 0 aliphatic rings. The van der Waals surface area contributed by atoms with Gasteiger partial charge in [-0.05, 0) is 24.5 Å². The third-order valence-electron chi connectivity index (χ3n) is 3.69. The Morgan fingerprint density at radius 1 is 1.36 bits per heavy atom. The molecule has 6 nitrogen and oxygen atoms in total. The molecular weight excluding hydrogens is 314 g/mol. The number of nitrogens with one attached hydrogen (secondary N) is 2. The first-order valence-corrected chi connectivity index (χ1v) is 8.46. The topological polar surface area (TPSA) is 63.5 Å². The first-order chi connectivity index (χ1) is 12.2. The SMILES string of the molecule is C=CCOc1ccccc1CNC(=NC)NCCCc1cnn(C)c1. The van der Waals surface area contributed by atoms with Crippen LogP contribution in [0.4, 0.5) is 0 Å². The lowest BCUT2D eigenvalue weighted by atomic mass is 10.2. The first kappa shape index (κ1) is 18.6. The van der Waals surface area contributed by atoms with Crippen LogP contribution in [0.1, 0.15) is 17.5 Å². The minimum absolute atomic E-state index is 0.498. The summed E-state index contributed by atoms with van der Waals surface area (Å²) in [7, 11) is 3.71. The maximum atomic E-state index is 5.68. The number of guanidine groups is 1. The van der Waals surface area contributed by atoms with Crippen molar-refractivity contribution in [1.29, 1.82) is 0 Å². The summed E-state index contributed by atoms with van der Waals surface area (Å²) in [5, 5.41) is 10.8. The molecule has 25 heavy (non-hydrogen) atoms. The average molecular weight is 341 g/mol. The van der Waals surface area contributed by atoms with Gasteiger partial charge in [-0.15, -0.1) is 0 Å². The van der Waals surface area contributed by atoms with Gasteiger partial charge in [0.1, 0.15) is 12.4 Å². The number of para-hydroxylation sites is 1. The van der Waals surface area contributed by atoms with Gasteiger partial charge < -0.3 is 15.4 Å². The summed E-state index contributed by atoms with van der Waals surface area (Å²) in [6.07, 6.45) is 7.72. The highest BCUT2D eigenvalue weighted by Gasteiger charge is 2.04. The lowest BCUT2D eigenvalue weighted by molar-refractivity contribution is 0.358. The molecule has 1 aromatic heterocycles. The number of hydrogen-bond acceptors (Lipinski definition) is 3. The van der Waals surface area contributed by atoms with Crippen molar-refractivity contribution in [3.63, 3.8) is 0 Å². The molecule has 0 unspecified atom stereocenters. The molecule has 0 saturated heterocycles. The fourth-order valence-electron chi connectivity index (χ4n) is 2.44. The van der Waals surface area contributed by atoms with Gasteiger partial charge in [0.15, 0.2) is 5.96 Å². The number of benzene rings is 1. The minimum atomic E-state index is 0.498. The zero-order valence-corrected chi connectivity index (χ0v) is 15.0. The van der Waals surface area contributed by atoms with E-state index < -0.39 is 0 Å². The smallest absolute Gasteiger partial charge is 0.191 e. The molecule has 134 valence electrons. The van der Waals surface area contributed by atoms with Gasteiger partial charge in [0.2, 0.25) is 0 Å². The van der Waals surface area contributed by atoms with E-state index in [1.54, 1.807) is 13.1 Å². The van der Waals surface area contributed by atoms with Crippen LogP contribution in [-0.2, 0) is 20.0 Å². The lowest BCUT2D eigenvalue weighted by Crippen LogP contribution is -2.37. The largest absolute Gasteiger partial charge is 0.489 e. The van der Waals surface area contributed by atoms with Gasteiger partial charge in [-0.25, -0.2) is 0 Å². The molecule has 0 atom stereocenters. The molecular formula is C19H27N5O. The Kier molecular flexibility index (Phi) is 7.56. The van der Waals surface area contributed by atoms with E-state index in [1.165, 1.54) is 5.56 Å². The molecule has 1 heterocycles. The Morgan fingerprint density at radius 3 is 2.92 bits per heavy atom. The van der Waals surface area contributed by atoms with Gasteiger partial charge >= 0.3 is 0 Å². The summed E-state index contributed by atoms with van der Waals surface area (Å²) in [5.74, 6) is 1.65. The van der Waals surface area contributed by atoms with E-state index in [9.17, 15) is 0 Å². The van der Waals surface area contributed by atoms with Crippen LogP contribution in [0, 0.1) is 0 Å². The summed E-state index contributed by atoms with van der Waals surface area (Å²) >= 11 is 0. The van der Waals surface area contributed by atoms with Gasteiger partial charge in [-0.1, -0.05) is 30.9 Å². The number of nitrogens with zero attached hydrogens (tertiary/aromatic N) is 3. The van der Waals surface area contributed by atoms with Gasteiger partial charge in [0.05, 0.1) is 6.20 Å². The first-order valence-electron chi connectivity index (χ1n) is 8.46. The van der Waals surface area contributed by atoms with E-state index in [-0.39, 0.29) is 0 Å². The number of aryl methyl sites for hydroxylation is 2. The monoisotopic (exact) mass is 341 g/mol. The van der Waals surface area contributed by atoms with E-state index in [0.29, 0.717) is 13.2 Å². The van der Waals surface area contributed by atoms with Gasteiger partial charge in [0.25, 0.3) is 0 Å². The maximum absolute atomic E-state index is 5.68. The highest BCUT2D eigenvalue weighted by Crippen LogP contribution is 2.17. The van der Waals surface area contributed by atoms with Crippen molar-refractivity contribution in [3.05, 3.63) is 60.4 Å². The van der Waals surface area contributed by atoms with Crippen molar-refractivity contribution in [2.24, 2.45) is 12.0 Å². The Bertz CT molecular complexity index is 693. The molecule has 0 bridgehead atoms. The molecule has 1 aromatic carbocycles. The van der Waals surface area contributed by atoms with E-state index in [1.807, 2.05) is 48.4 Å². The van der Waals surface area contributed by atoms with Crippen LogP contribution in [-0.4, -0.2) is 35.9 Å². The second-order valence-corrected chi connectivity index (χ2v) is 5.69. The molecule has 2 N–H and O–H groups in total. The standard InChI is InChI=1S/C19H27N5O/c1-4-12-25-18-10-6-5-9-17(18)14-22-19(20-2)21-11-7-8-16-13-23-24(3)15-16/h4-6,9-10,13,15H,1,7-8,11-12,14H2,2-3H3,(H2,20,21,22). The van der Waals surface area contributed by atoms with Crippen LogP contribution in [0.2, 0.25) is 0 Å². The third kappa shape index (κ3) is 6.33. The molecule has 0 saturated carbocycles. The molecule has 0 fully saturated rings. The van der Waals surface area contributed by atoms with Crippen LogP contribution in [0.3, 0.4) is 0 Å². The second-order valence-electron chi connectivity index (χ2n) is 5.69. The fourth-order valence-corrected chi connectivity index (χ4v) is 2.44. The zero-order chi connectivity index (χ0) is 17.9. The lowest BCUT2D eigenvalue weighted by Gasteiger charge is -2.14. The predicted octanol–water partition coefficient (Wildman–Crippen LogP) is 2.28. The zero-order valence-electron chi connectivity index (χ0n) is 15.0. The summed E-state index contributed by atoms with van der Waals surface area (Å²) < 4.78 is 7.50. The van der Waals surface area contributed by atoms with Gasteiger partial charge in [-0.2, -0.15) is 5.10 Å². The Hall–Kier alpha value is -2.76. The molecule has 2 aromatic rings. The van der Waals surface area contributed by atoms with Crippen LogP contribution in [0.15, 0.2) is 54.3 Å². The highest BCUT2D eigenvalue weighted by molar-refractivity contribution is 5.79. The summed E-state index contributed by atoms with van der Waals surface area (Å²) in [6, 6.07) is 7.97. The minimum Gasteiger partial charge on any atom is -0.489 e. The molecule has 0 aliphatic heterocycles. The number of hydrogen-bond donors (Lipinski definition) is 2. The highest BCUT2D eigenvalue weighted by atomic mass is 16.5. The van der Waals surface area contributed by atoms with Crippen LogP contribution >= 0.6 is 0 Å². The Labute approximate surface area is 149 Å². The normalized spacial score (nSPS) is 11.2. The second kappa shape index (κ2) is 10.2. The molecule has 2 rings (SSSR count).